The van der Waals surface area contributed by atoms with Crippen LogP contribution in [-0.4, -0.2) is 43.8 Å². The highest BCUT2D eigenvalue weighted by atomic mass is 35.5. The van der Waals surface area contributed by atoms with Crippen molar-refractivity contribution in [2.75, 3.05) is 32.8 Å². The molecule has 0 aromatic heterocycles. The normalized spacial score (nSPS) is 20.1. The van der Waals surface area contributed by atoms with E-state index in [1.165, 1.54) is 24.9 Å². The molecular weight excluding hydrogens is 323 g/mol. The summed E-state index contributed by atoms with van der Waals surface area (Å²) in [6, 6.07) is 6.93. The van der Waals surface area contributed by atoms with Crippen molar-refractivity contribution in [2.24, 2.45) is 0 Å². The van der Waals surface area contributed by atoms with Gasteiger partial charge in [-0.05, 0) is 43.6 Å². The summed E-state index contributed by atoms with van der Waals surface area (Å²) in [4.78, 5) is 2.57. The Balaban J connectivity index is 0.00000121. The lowest BCUT2D eigenvalue weighted by Gasteiger charge is -2.23. The SMILES string of the molecule is CCN1CCCC1CNCc1ccc2c(c1)OCCO2.[Cl-].[Cl-]. The molecule has 2 heterocycles. The van der Waals surface area contributed by atoms with Gasteiger partial charge >= 0.3 is 0 Å². The minimum Gasteiger partial charge on any atom is -1.00 e. The summed E-state index contributed by atoms with van der Waals surface area (Å²) in [6.45, 7) is 7.94. The molecule has 4 nitrogen and oxygen atoms in total. The molecule has 0 aliphatic carbocycles. The molecule has 3 rings (SSSR count). The van der Waals surface area contributed by atoms with Crippen molar-refractivity contribution in [2.45, 2.75) is 32.4 Å². The van der Waals surface area contributed by atoms with Crippen molar-refractivity contribution in [1.29, 1.82) is 0 Å². The molecule has 1 N–H and O–H groups in total. The van der Waals surface area contributed by atoms with Crippen LogP contribution in [0.3, 0.4) is 0 Å². The number of ether oxygens (including phenoxy) is 2. The van der Waals surface area contributed by atoms with Crippen molar-refractivity contribution in [1.82, 2.24) is 10.2 Å². The number of nitrogens with zero attached hydrogens (tertiary/aromatic N) is 1. The van der Waals surface area contributed by atoms with E-state index in [2.05, 4.69) is 29.3 Å². The Morgan fingerprint density at radius 3 is 2.73 bits per heavy atom. The van der Waals surface area contributed by atoms with Crippen molar-refractivity contribution in [3.05, 3.63) is 23.8 Å². The van der Waals surface area contributed by atoms with Crippen LogP contribution in [0.25, 0.3) is 0 Å². The van der Waals surface area contributed by atoms with Crippen molar-refractivity contribution >= 4 is 0 Å². The summed E-state index contributed by atoms with van der Waals surface area (Å²) in [5.74, 6) is 1.75. The molecule has 6 heteroatoms. The van der Waals surface area contributed by atoms with Crippen LogP contribution in [0.15, 0.2) is 18.2 Å². The highest BCUT2D eigenvalue weighted by Crippen LogP contribution is 2.30. The van der Waals surface area contributed by atoms with Gasteiger partial charge in [-0.2, -0.15) is 0 Å². The molecule has 1 aromatic carbocycles. The average Bonchev–Trinajstić information content (AvgIpc) is 2.95. The lowest BCUT2D eigenvalue weighted by atomic mass is 10.1. The highest BCUT2D eigenvalue weighted by Gasteiger charge is 2.22. The first-order valence-corrected chi connectivity index (χ1v) is 7.70. The molecule has 1 aromatic rings. The molecule has 2 aliphatic rings. The number of benzene rings is 1. The van der Waals surface area contributed by atoms with Crippen molar-refractivity contribution in [3.8, 4) is 11.5 Å². The molecule has 0 bridgehead atoms. The van der Waals surface area contributed by atoms with Crippen molar-refractivity contribution in [3.63, 3.8) is 0 Å². The lowest BCUT2D eigenvalue weighted by Crippen LogP contribution is -3.00. The summed E-state index contributed by atoms with van der Waals surface area (Å²) in [6.07, 6.45) is 2.66. The Kier molecular flexibility index (Phi) is 8.33. The second-order valence-electron chi connectivity index (χ2n) is 5.53. The van der Waals surface area contributed by atoms with E-state index in [0.29, 0.717) is 19.3 Å². The lowest BCUT2D eigenvalue weighted by molar-refractivity contribution is -0.001000. The van der Waals surface area contributed by atoms with Crippen LogP contribution in [0.2, 0.25) is 0 Å². The van der Waals surface area contributed by atoms with E-state index in [9.17, 15) is 0 Å². The van der Waals surface area contributed by atoms with Gasteiger partial charge in [-0.25, -0.2) is 0 Å². The molecule has 0 radical (unpaired) electrons. The molecule has 0 amide bonds. The molecule has 22 heavy (non-hydrogen) atoms. The third kappa shape index (κ3) is 4.66. The highest BCUT2D eigenvalue weighted by molar-refractivity contribution is 5.43. The van der Waals surface area contributed by atoms with Crippen LogP contribution in [0, 0.1) is 0 Å². The van der Waals surface area contributed by atoms with E-state index in [4.69, 9.17) is 9.47 Å². The van der Waals surface area contributed by atoms with Gasteiger partial charge in [-0.15, -0.1) is 0 Å². The van der Waals surface area contributed by atoms with E-state index in [1.54, 1.807) is 0 Å². The van der Waals surface area contributed by atoms with Crippen LogP contribution in [0.1, 0.15) is 25.3 Å². The van der Waals surface area contributed by atoms with Gasteiger partial charge in [0.05, 0.1) is 0 Å². The number of likely N-dealkylation sites (N-methyl/N-ethyl adjacent to an activating group) is 1. The number of halogens is 2. The number of hydrogen-bond donors (Lipinski definition) is 1. The van der Waals surface area contributed by atoms with Gasteiger partial charge in [0.2, 0.25) is 0 Å². The monoisotopic (exact) mass is 346 g/mol. The third-order valence-corrected chi connectivity index (χ3v) is 4.22. The predicted molar refractivity (Wildman–Crippen MR) is 79.4 cm³/mol. The minimum absolute atomic E-state index is 0. The maximum Gasteiger partial charge on any atom is 0.161 e. The van der Waals surface area contributed by atoms with Crippen molar-refractivity contribution < 1.29 is 34.3 Å². The number of nitrogens with one attached hydrogen (secondary N) is 1. The molecular formula is C16H24Cl2N2O2-2. The molecule has 1 unspecified atom stereocenters. The topological polar surface area (TPSA) is 33.7 Å². The van der Waals surface area contributed by atoms with Crippen LogP contribution < -0.4 is 39.6 Å². The average molecular weight is 347 g/mol. The summed E-state index contributed by atoms with van der Waals surface area (Å²) < 4.78 is 11.2. The molecule has 1 saturated heterocycles. The van der Waals surface area contributed by atoms with Gasteiger partial charge in [0, 0.05) is 19.1 Å². The van der Waals surface area contributed by atoms with E-state index >= 15 is 0 Å². The van der Waals surface area contributed by atoms with Crippen LogP contribution in [0.5, 0.6) is 11.5 Å². The number of rotatable bonds is 5. The smallest absolute Gasteiger partial charge is 0.161 e. The van der Waals surface area contributed by atoms with Crippen LogP contribution in [0.4, 0.5) is 0 Å². The van der Waals surface area contributed by atoms with Crippen LogP contribution in [-0.2, 0) is 6.54 Å². The van der Waals surface area contributed by atoms with Gasteiger partial charge in [-0.3, -0.25) is 4.90 Å². The van der Waals surface area contributed by atoms with E-state index < -0.39 is 0 Å². The van der Waals surface area contributed by atoms with Gasteiger partial charge in [-0.1, -0.05) is 13.0 Å². The Labute approximate surface area is 145 Å². The summed E-state index contributed by atoms with van der Waals surface area (Å²) in [5.41, 5.74) is 1.26. The fourth-order valence-corrected chi connectivity index (χ4v) is 3.12. The van der Waals surface area contributed by atoms with Gasteiger partial charge < -0.3 is 39.6 Å². The Hall–Kier alpha value is -0.680. The third-order valence-electron chi connectivity index (χ3n) is 4.22. The molecule has 1 atom stereocenters. The molecule has 2 aliphatic heterocycles. The molecule has 126 valence electrons. The van der Waals surface area contributed by atoms with Gasteiger partial charge in [0.15, 0.2) is 11.5 Å². The fraction of sp³-hybridized carbons (Fsp3) is 0.625. The first-order chi connectivity index (χ1) is 9.86. The Bertz CT molecular complexity index is 460. The van der Waals surface area contributed by atoms with E-state index in [0.717, 1.165) is 31.1 Å². The number of hydrogen-bond acceptors (Lipinski definition) is 4. The second kappa shape index (κ2) is 9.46. The number of likely N-dealkylation sites (tertiary alicyclic amines) is 1. The minimum atomic E-state index is 0. The second-order valence-corrected chi connectivity index (χ2v) is 5.53. The Morgan fingerprint density at radius 2 is 1.95 bits per heavy atom. The van der Waals surface area contributed by atoms with Gasteiger partial charge in [0.25, 0.3) is 0 Å². The largest absolute Gasteiger partial charge is 1.00 e. The van der Waals surface area contributed by atoms with Gasteiger partial charge in [0.1, 0.15) is 13.2 Å². The quantitative estimate of drug-likeness (QED) is 0.590. The maximum absolute atomic E-state index is 5.62. The standard InChI is InChI=1S/C16H24N2O2.2ClH/c1-2-18-7-3-4-14(18)12-17-11-13-5-6-15-16(10-13)20-9-8-19-15;;/h5-6,10,14,17H,2-4,7-9,11-12H2,1H3;2*1H/p-2. The van der Waals surface area contributed by atoms with E-state index in [1.807, 2.05) is 6.07 Å². The zero-order valence-electron chi connectivity index (χ0n) is 13.0. The summed E-state index contributed by atoms with van der Waals surface area (Å²) in [5, 5.41) is 3.58. The molecule has 0 saturated carbocycles. The summed E-state index contributed by atoms with van der Waals surface area (Å²) >= 11 is 0. The predicted octanol–water partition coefficient (Wildman–Crippen LogP) is -3.96. The first kappa shape index (κ1) is 19.4. The van der Waals surface area contributed by atoms with E-state index in [-0.39, 0.29) is 24.8 Å². The fourth-order valence-electron chi connectivity index (χ4n) is 3.12. The first-order valence-electron chi connectivity index (χ1n) is 7.70. The Morgan fingerprint density at radius 1 is 1.18 bits per heavy atom. The molecule has 0 spiro atoms. The van der Waals surface area contributed by atoms with Crippen LogP contribution >= 0.6 is 0 Å². The zero-order chi connectivity index (χ0) is 13.8. The zero-order valence-corrected chi connectivity index (χ0v) is 14.5. The molecule has 1 fully saturated rings. The maximum atomic E-state index is 5.62. The summed E-state index contributed by atoms with van der Waals surface area (Å²) in [7, 11) is 0. The number of fused-ring (bicyclic) bond motifs is 1.